The summed E-state index contributed by atoms with van der Waals surface area (Å²) >= 11 is 6.33. The molecule has 3 N–H and O–H groups in total. The molecule has 0 bridgehead atoms. The molecular weight excluding hydrogens is 414 g/mol. The van der Waals surface area contributed by atoms with Gasteiger partial charge in [-0.3, -0.25) is 9.78 Å². The predicted octanol–water partition coefficient (Wildman–Crippen LogP) is 3.46. The predicted molar refractivity (Wildman–Crippen MR) is 123 cm³/mol. The number of carbonyl (C=O) groups is 1. The molecule has 8 nitrogen and oxygen atoms in total. The van der Waals surface area contributed by atoms with Gasteiger partial charge in [-0.25, -0.2) is 9.97 Å². The summed E-state index contributed by atoms with van der Waals surface area (Å²) in [4.78, 5) is 30.1. The summed E-state index contributed by atoms with van der Waals surface area (Å²) in [5.41, 5.74) is 3.44. The number of H-pyrrole nitrogens is 1. The number of aromatic nitrogens is 4. The molecule has 3 heterocycles. The number of rotatable bonds is 6. The van der Waals surface area contributed by atoms with Gasteiger partial charge in [0.25, 0.3) is 0 Å². The first-order chi connectivity index (χ1) is 14.9. The number of nitrogens with one attached hydrogen (secondary N) is 3. The molecule has 1 fully saturated rings. The van der Waals surface area contributed by atoms with Gasteiger partial charge in [0, 0.05) is 50.3 Å². The van der Waals surface area contributed by atoms with Crippen LogP contribution in [-0.2, 0) is 4.79 Å². The first kappa shape index (κ1) is 21.5. The summed E-state index contributed by atoms with van der Waals surface area (Å²) in [7, 11) is 3.58. The van der Waals surface area contributed by atoms with Crippen LogP contribution in [-0.4, -0.2) is 63.0 Å². The molecule has 1 amide bonds. The molecule has 3 aromatic heterocycles. The first-order valence-corrected chi connectivity index (χ1v) is 11.0. The highest BCUT2D eigenvalue weighted by molar-refractivity contribution is 6.29. The van der Waals surface area contributed by atoms with Crippen LogP contribution in [0.15, 0.2) is 30.7 Å². The number of likely N-dealkylation sites (N-methyl/N-ethyl adjacent to an activating group) is 1. The number of anilines is 1. The summed E-state index contributed by atoms with van der Waals surface area (Å²) in [6.07, 6.45) is 9.26. The highest BCUT2D eigenvalue weighted by Gasteiger charge is 2.25. The molecule has 0 saturated heterocycles. The van der Waals surface area contributed by atoms with Gasteiger partial charge in [-0.1, -0.05) is 11.6 Å². The van der Waals surface area contributed by atoms with E-state index in [2.05, 4.69) is 30.6 Å². The molecule has 0 aliphatic heterocycles. The number of halogens is 1. The van der Waals surface area contributed by atoms with Crippen molar-refractivity contribution in [2.24, 2.45) is 0 Å². The second kappa shape index (κ2) is 9.20. The topological polar surface area (TPSA) is 98.8 Å². The smallest absolute Gasteiger partial charge is 0.238 e. The number of hydrogen-bond donors (Lipinski definition) is 3. The zero-order valence-corrected chi connectivity index (χ0v) is 18.8. The van der Waals surface area contributed by atoms with Gasteiger partial charge in [0.2, 0.25) is 5.91 Å². The number of nitrogens with zero attached hydrogens (tertiary/aromatic N) is 4. The van der Waals surface area contributed by atoms with Crippen LogP contribution in [0.4, 0.5) is 5.82 Å². The third-order valence-corrected chi connectivity index (χ3v) is 5.98. The van der Waals surface area contributed by atoms with Crippen LogP contribution in [0.5, 0.6) is 0 Å². The van der Waals surface area contributed by atoms with Gasteiger partial charge in [0.1, 0.15) is 16.5 Å². The first-order valence-electron chi connectivity index (χ1n) is 10.6. The van der Waals surface area contributed by atoms with Crippen LogP contribution in [0.25, 0.3) is 22.3 Å². The Morgan fingerprint density at radius 3 is 2.61 bits per heavy atom. The van der Waals surface area contributed by atoms with Gasteiger partial charge in [0.05, 0.1) is 6.04 Å². The van der Waals surface area contributed by atoms with E-state index in [0.29, 0.717) is 17.2 Å². The summed E-state index contributed by atoms with van der Waals surface area (Å²) in [5, 5.41) is 7.44. The normalized spacial score (nSPS) is 19.9. The number of carbonyl (C=O) groups excluding carboxylic acids is 1. The van der Waals surface area contributed by atoms with Crippen molar-refractivity contribution in [1.82, 2.24) is 30.2 Å². The lowest BCUT2D eigenvalue weighted by molar-refractivity contribution is -0.130. The minimum Gasteiger partial charge on any atom is -0.367 e. The van der Waals surface area contributed by atoms with Crippen LogP contribution >= 0.6 is 11.6 Å². The molecule has 164 valence electrons. The molecule has 1 saturated carbocycles. The van der Waals surface area contributed by atoms with E-state index < -0.39 is 0 Å². The fourth-order valence-corrected chi connectivity index (χ4v) is 4.43. The van der Waals surface area contributed by atoms with Crippen molar-refractivity contribution in [3.63, 3.8) is 0 Å². The molecule has 9 heteroatoms. The van der Waals surface area contributed by atoms with E-state index in [1.165, 1.54) is 0 Å². The van der Waals surface area contributed by atoms with Gasteiger partial charge in [-0.15, -0.1) is 0 Å². The standard InChI is InChI=1S/C22H28ClN7O/c1-13(22(31)30(2)3)27-15-4-6-16(7-5-15)28-19-11-14(10-18(23)29-19)17-12-26-21-20(17)24-8-9-25-21/h8-13,15-16,27H,4-7H2,1-3H3,(H,25,26)(H,28,29)/t13-,15-,16-/m0/s1. The summed E-state index contributed by atoms with van der Waals surface area (Å²) in [5.74, 6) is 0.867. The summed E-state index contributed by atoms with van der Waals surface area (Å²) < 4.78 is 0. The summed E-state index contributed by atoms with van der Waals surface area (Å²) in [6.45, 7) is 1.93. The number of aromatic amines is 1. The number of hydrogen-bond acceptors (Lipinski definition) is 6. The Balaban J connectivity index is 1.40. The van der Waals surface area contributed by atoms with E-state index >= 15 is 0 Å². The molecule has 0 unspecified atom stereocenters. The molecular formula is C22H28ClN7O. The van der Waals surface area contributed by atoms with Crippen LogP contribution in [0.1, 0.15) is 32.6 Å². The van der Waals surface area contributed by atoms with E-state index in [9.17, 15) is 4.79 Å². The number of pyridine rings is 1. The Morgan fingerprint density at radius 2 is 1.87 bits per heavy atom. The third-order valence-electron chi connectivity index (χ3n) is 5.79. The third kappa shape index (κ3) is 4.97. The average Bonchev–Trinajstić information content (AvgIpc) is 3.18. The molecule has 0 radical (unpaired) electrons. The van der Waals surface area contributed by atoms with Crippen molar-refractivity contribution >= 4 is 34.5 Å². The molecule has 1 atom stereocenters. The Labute approximate surface area is 186 Å². The highest BCUT2D eigenvalue weighted by atomic mass is 35.5. The second-order valence-corrected chi connectivity index (χ2v) is 8.72. The van der Waals surface area contributed by atoms with Crippen molar-refractivity contribution in [3.05, 3.63) is 35.9 Å². The maximum atomic E-state index is 12.1. The van der Waals surface area contributed by atoms with E-state index in [4.69, 9.17) is 11.6 Å². The second-order valence-electron chi connectivity index (χ2n) is 8.33. The molecule has 1 aliphatic rings. The Hall–Kier alpha value is -2.71. The maximum absolute atomic E-state index is 12.1. The SMILES string of the molecule is C[C@H](N[C@H]1CC[C@H](Nc2cc(-c3c[nH]c4nccnc34)cc(Cl)n2)CC1)C(=O)N(C)C. The zero-order chi connectivity index (χ0) is 22.0. The molecule has 4 rings (SSSR count). The maximum Gasteiger partial charge on any atom is 0.238 e. The lowest BCUT2D eigenvalue weighted by atomic mass is 9.90. The Morgan fingerprint density at radius 1 is 1.16 bits per heavy atom. The van der Waals surface area contributed by atoms with E-state index in [1.807, 2.05) is 25.3 Å². The van der Waals surface area contributed by atoms with Gasteiger partial charge >= 0.3 is 0 Å². The molecule has 1 aliphatic carbocycles. The lowest BCUT2D eigenvalue weighted by Crippen LogP contribution is -2.48. The minimum atomic E-state index is -0.166. The largest absolute Gasteiger partial charge is 0.367 e. The number of amides is 1. The van der Waals surface area contributed by atoms with Gasteiger partial charge in [-0.2, -0.15) is 0 Å². The highest BCUT2D eigenvalue weighted by Crippen LogP contribution is 2.30. The zero-order valence-electron chi connectivity index (χ0n) is 18.0. The van der Waals surface area contributed by atoms with Gasteiger partial charge in [0.15, 0.2) is 5.65 Å². The molecule has 0 spiro atoms. The van der Waals surface area contributed by atoms with Crippen LogP contribution in [0.3, 0.4) is 0 Å². The fraction of sp³-hybridized carbons (Fsp3) is 0.455. The molecule has 3 aromatic rings. The van der Waals surface area contributed by atoms with Crippen molar-refractivity contribution in [2.75, 3.05) is 19.4 Å². The lowest BCUT2D eigenvalue weighted by Gasteiger charge is -2.32. The van der Waals surface area contributed by atoms with Crippen LogP contribution in [0.2, 0.25) is 5.15 Å². The Bertz CT molecular complexity index is 1060. The van der Waals surface area contributed by atoms with E-state index in [0.717, 1.165) is 53.8 Å². The molecule has 31 heavy (non-hydrogen) atoms. The quantitative estimate of drug-likeness (QED) is 0.506. The van der Waals surface area contributed by atoms with E-state index in [-0.39, 0.29) is 11.9 Å². The van der Waals surface area contributed by atoms with Crippen molar-refractivity contribution < 1.29 is 4.79 Å². The molecule has 0 aromatic carbocycles. The Kier molecular flexibility index (Phi) is 6.38. The van der Waals surface area contributed by atoms with Gasteiger partial charge in [-0.05, 0) is 50.3 Å². The minimum absolute atomic E-state index is 0.109. The number of fused-ring (bicyclic) bond motifs is 1. The van der Waals surface area contributed by atoms with Crippen LogP contribution < -0.4 is 10.6 Å². The van der Waals surface area contributed by atoms with Crippen molar-refractivity contribution in [3.8, 4) is 11.1 Å². The van der Waals surface area contributed by atoms with E-state index in [1.54, 1.807) is 31.4 Å². The fourth-order valence-electron chi connectivity index (χ4n) is 4.22. The van der Waals surface area contributed by atoms with Crippen molar-refractivity contribution in [2.45, 2.75) is 50.7 Å². The van der Waals surface area contributed by atoms with Crippen LogP contribution in [0, 0.1) is 0 Å². The monoisotopic (exact) mass is 441 g/mol. The average molecular weight is 442 g/mol. The van der Waals surface area contributed by atoms with Gasteiger partial charge < -0.3 is 20.5 Å². The van der Waals surface area contributed by atoms with Crippen molar-refractivity contribution in [1.29, 1.82) is 0 Å². The summed E-state index contributed by atoms with van der Waals surface area (Å²) in [6, 6.07) is 4.35.